The number of aliphatic hydroxyl groups is 2. The van der Waals surface area contributed by atoms with Gasteiger partial charge in [-0.3, -0.25) is 86.9 Å². The lowest BCUT2D eigenvalue weighted by molar-refractivity contribution is -0.149. The van der Waals surface area contributed by atoms with E-state index in [0.717, 1.165) is 36.1 Å². The number of phenols is 1. The third kappa shape index (κ3) is 28.9. The average molecular weight is 1900 g/mol. The summed E-state index contributed by atoms with van der Waals surface area (Å²) >= 11 is 2.11. The van der Waals surface area contributed by atoms with E-state index in [0.29, 0.717) is 64.4 Å². The number of unbranched alkanes of at least 4 members (excludes halogenated alkanes) is 2. The number of phenolic OH excluding ortho intramolecular Hbond substituents is 1. The summed E-state index contributed by atoms with van der Waals surface area (Å²) < 4.78 is 0.816. The molecule has 3 aliphatic rings. The van der Waals surface area contributed by atoms with Crippen molar-refractivity contribution in [1.82, 2.24) is 97.9 Å². The molecule has 45 heteroatoms. The Bertz CT molecular complexity index is 5170. The highest BCUT2D eigenvalue weighted by atomic mass is 32.2. The largest absolute Gasteiger partial charge is 0.508 e. The lowest BCUT2D eigenvalue weighted by Crippen LogP contribution is -2.62. The first kappa shape index (κ1) is 104. The Labute approximate surface area is 781 Å². The van der Waals surface area contributed by atoms with E-state index >= 15 is 33.6 Å². The lowest BCUT2D eigenvalue weighted by atomic mass is 10.00. The average Bonchev–Trinajstić information content (AvgIpc) is 1.44. The molecule has 14 atom stereocenters. The summed E-state index contributed by atoms with van der Waals surface area (Å²) in [6, 6.07) is -1.80. The van der Waals surface area contributed by atoms with Crippen molar-refractivity contribution >= 4 is 150 Å². The molecule has 3 saturated heterocycles. The van der Waals surface area contributed by atoms with E-state index in [9.17, 15) is 63.3 Å². The summed E-state index contributed by atoms with van der Waals surface area (Å²) in [5.41, 5.74) is 19.2. The fourth-order valence-corrected chi connectivity index (χ4v) is 18.2. The molecule has 6 aromatic rings. The van der Waals surface area contributed by atoms with Crippen molar-refractivity contribution in [1.29, 1.82) is 5.41 Å². The Hall–Kier alpha value is -13.3. The normalized spacial score (nSPS) is 24.3. The maximum Gasteiger partial charge on any atom is 0.246 e. The first-order chi connectivity index (χ1) is 64.0. The molecule has 0 spiro atoms. The van der Waals surface area contributed by atoms with Crippen LogP contribution in [0.2, 0.25) is 0 Å². The molecule has 726 valence electrons. The molecular weight excluding hydrogens is 1780 g/mol. The van der Waals surface area contributed by atoms with Gasteiger partial charge in [0, 0.05) is 113 Å². The Morgan fingerprint density at radius 3 is 1.70 bits per heavy atom. The number of aromatic hydroxyl groups is 1. The second-order valence-electron chi connectivity index (χ2n) is 33.6. The number of nitrogens with one attached hydrogen (secondary N) is 14. The third-order valence-corrected chi connectivity index (χ3v) is 25.9. The number of hydrogen-bond acceptors (Lipinski definition) is 24. The molecular formula is C89H123N23O20S2. The molecule has 0 aliphatic carbocycles. The molecule has 3 fully saturated rings. The molecule has 0 radical (unpaired) electrons. The molecule has 134 heavy (non-hydrogen) atoms. The highest BCUT2D eigenvalue weighted by Gasteiger charge is 2.46. The van der Waals surface area contributed by atoms with Crippen molar-refractivity contribution in [2.45, 2.75) is 221 Å². The first-order valence-corrected chi connectivity index (χ1v) is 46.7. The van der Waals surface area contributed by atoms with Gasteiger partial charge in [-0.15, -0.1) is 23.1 Å². The Balaban J connectivity index is 1.09. The lowest BCUT2D eigenvalue weighted by Gasteiger charge is -2.36. The fourth-order valence-electron chi connectivity index (χ4n) is 16.4. The van der Waals surface area contributed by atoms with Gasteiger partial charge >= 0.3 is 0 Å². The highest BCUT2D eigenvalue weighted by Crippen LogP contribution is 2.30. The van der Waals surface area contributed by atoms with Crippen molar-refractivity contribution in [3.63, 3.8) is 0 Å². The van der Waals surface area contributed by atoms with Crippen LogP contribution in [0.4, 0.5) is 0 Å². The molecule has 9 rings (SSSR count). The van der Waals surface area contributed by atoms with Crippen molar-refractivity contribution in [2.75, 3.05) is 72.0 Å². The van der Waals surface area contributed by atoms with Gasteiger partial charge < -0.3 is 125 Å². The number of nitrogens with two attached hydrogens (primary N) is 3. The molecule has 0 bridgehead atoms. The predicted octanol–water partition coefficient (Wildman–Crippen LogP) is -2.83. The van der Waals surface area contributed by atoms with Gasteiger partial charge in [-0.05, 0) is 116 Å². The van der Waals surface area contributed by atoms with Crippen molar-refractivity contribution < 1.29 is 96.8 Å². The van der Waals surface area contributed by atoms with Crippen LogP contribution in [-0.4, -0.2) is 318 Å². The third-order valence-electron chi connectivity index (χ3n) is 23.9. The molecule has 17 amide bonds. The van der Waals surface area contributed by atoms with Crippen molar-refractivity contribution in [2.24, 2.45) is 17.2 Å². The van der Waals surface area contributed by atoms with Crippen LogP contribution in [0.3, 0.4) is 0 Å². The summed E-state index contributed by atoms with van der Waals surface area (Å²) in [4.78, 5) is 265. The summed E-state index contributed by atoms with van der Waals surface area (Å²) in [7, 11) is 3.92. The van der Waals surface area contributed by atoms with E-state index in [1.165, 1.54) is 81.1 Å². The number of thiophene rings is 1. The number of aromatic amines is 2. The molecule has 3 aliphatic heterocycles. The van der Waals surface area contributed by atoms with Crippen molar-refractivity contribution in [3.05, 3.63) is 119 Å². The molecule has 23 N–H and O–H groups in total. The molecule has 6 heterocycles. The Morgan fingerprint density at radius 2 is 1.08 bits per heavy atom. The standard InChI is InChI=1S/C89H123N23O20S2/c1-7-9-22-67-81(125)100-58(21-15-32-95-89(92)93)77(121)107-66(76(120)97-43-73(91)117)46-133-47-74(118)99-62(36-50-27-29-54(115)30-28-50)84(128)108(4)49(3)75(119)104-64(40-72(90)116)87(131)112-34-17-25-69(112)83(127)103-61(39-53-42-94-48-98-53)79(123)101-59(31-35-113)86(130)111-33-16-24-68(111)82(126)102-60(37-51-41-96-57-20-13-11-18-55(51)57)78(122)106-65(44-114)80(124)105-63(38-52-45-134-71-26-14-12-19-56(52)71)85(129)110(6)70(23-10-8-2)88(132)109(67)5/h11-14,18-20,26-30,41-42,45,48-49,58-70,96,113-115H,7-10,15-17,21-25,31-40,43-44,46-47H2,1-6H3,(H2,90,116)(H2,91,117)(H,94,98)(H,97,120)(H,99,118)(H,100,125)(H,101,123)(H,102,126)(H,103,127)(H,104,119)(H,105,124)(H,106,122)(H,107,121)(H4,92,93,95)/t49-,58-,59-,60-,61-,62-,63-,64+,65-,66-,67-,68-,69-,70-/m0/s1. The zero-order chi connectivity index (χ0) is 97.6. The maximum atomic E-state index is 15.7. The van der Waals surface area contributed by atoms with Gasteiger partial charge in [0.05, 0.1) is 31.7 Å². The number of amides is 17. The quantitative estimate of drug-likeness (QED) is 0.0148. The van der Waals surface area contributed by atoms with Crippen LogP contribution in [0.25, 0.3) is 21.0 Å². The van der Waals surface area contributed by atoms with Crippen LogP contribution in [-0.2, 0) is 107 Å². The van der Waals surface area contributed by atoms with Crippen LogP contribution in [0.15, 0.2) is 96.9 Å². The van der Waals surface area contributed by atoms with Crippen LogP contribution in [0.5, 0.6) is 5.75 Å². The minimum atomic E-state index is -1.86. The Kier molecular flexibility index (Phi) is 39.4. The predicted molar refractivity (Wildman–Crippen MR) is 494 cm³/mol. The van der Waals surface area contributed by atoms with E-state index < -0.39 is 235 Å². The number of para-hydroxylation sites is 1. The number of nitrogens with zero attached hydrogens (tertiary/aromatic N) is 6. The summed E-state index contributed by atoms with van der Waals surface area (Å²) in [6.45, 7) is 2.23. The highest BCUT2D eigenvalue weighted by molar-refractivity contribution is 8.00. The minimum absolute atomic E-state index is 0.000789. The number of guanidine groups is 1. The number of hydrogen-bond donors (Lipinski definition) is 20. The minimum Gasteiger partial charge on any atom is -0.508 e. The molecule has 0 saturated carbocycles. The van der Waals surface area contributed by atoms with E-state index in [2.05, 4.69) is 73.4 Å². The van der Waals surface area contributed by atoms with Gasteiger partial charge in [0.15, 0.2) is 5.96 Å². The van der Waals surface area contributed by atoms with Gasteiger partial charge in [0.1, 0.15) is 90.3 Å². The second-order valence-corrected chi connectivity index (χ2v) is 35.5. The molecule has 0 unspecified atom stereocenters. The van der Waals surface area contributed by atoms with Crippen LogP contribution < -0.4 is 75.7 Å². The molecule has 3 aromatic heterocycles. The fraction of sp³-hybridized carbons (Fsp3) is 0.517. The van der Waals surface area contributed by atoms with Crippen LogP contribution in [0, 0.1) is 5.41 Å². The summed E-state index contributed by atoms with van der Waals surface area (Å²) in [6.07, 6.45) is 3.78. The number of imidazole rings is 1. The molecule has 43 nitrogen and oxygen atoms in total. The van der Waals surface area contributed by atoms with Gasteiger partial charge in [-0.2, -0.15) is 0 Å². The van der Waals surface area contributed by atoms with Gasteiger partial charge in [0.25, 0.3) is 0 Å². The van der Waals surface area contributed by atoms with E-state index in [-0.39, 0.29) is 102 Å². The second kappa shape index (κ2) is 50.5. The zero-order valence-electron chi connectivity index (χ0n) is 75.7. The number of H-pyrrole nitrogens is 2. The summed E-state index contributed by atoms with van der Waals surface area (Å²) in [5.74, 6) is -17.5. The smallest absolute Gasteiger partial charge is 0.246 e. The van der Waals surface area contributed by atoms with Crippen molar-refractivity contribution in [3.8, 4) is 5.75 Å². The number of aromatic nitrogens is 3. The van der Waals surface area contributed by atoms with Crippen LogP contribution in [0.1, 0.15) is 133 Å². The number of thioether (sulfide) groups is 1. The maximum absolute atomic E-state index is 15.7. The van der Waals surface area contributed by atoms with E-state index in [1.807, 2.05) is 32.0 Å². The number of carbonyl (C=O) groups is 17. The zero-order valence-corrected chi connectivity index (χ0v) is 77.4. The van der Waals surface area contributed by atoms with Gasteiger partial charge in [-0.1, -0.05) is 88.1 Å². The van der Waals surface area contributed by atoms with Gasteiger partial charge in [0.2, 0.25) is 100 Å². The summed E-state index contributed by atoms with van der Waals surface area (Å²) in [5, 5.41) is 71.9. The SMILES string of the molecule is CCCC[C@H]1C(=O)N(C)[C@@H](CCCC)C(=O)N[C@@H](CCCNC(=N)N)C(=O)N[C@H](C(=O)NCC(N)=O)CSCC(=O)N[C@@H](Cc2ccc(O)cc2)C(=O)N(C)[C@@H](C)C(=O)N[C@H](CC(N)=O)C(=O)N2CCC[C@H]2C(=O)N[C@@H](Cc2cnc[nH]2)C(=O)N[C@@H](CCO)C(=O)N2CCC[C@H]2C(=O)N[C@@H](Cc2c[nH]c3ccccc23)C(=O)N[C@@H](CO)C(=O)N[C@@H](Cc2csc3ccccc23)C(=O)N1C. The van der Waals surface area contributed by atoms with E-state index in [4.69, 9.17) is 22.6 Å². The van der Waals surface area contributed by atoms with E-state index in [1.54, 1.807) is 41.9 Å². The molecule has 3 aromatic carbocycles. The topological polar surface area (TPSA) is 646 Å². The number of primary amides is 2. The van der Waals surface area contributed by atoms with Gasteiger partial charge in [-0.25, -0.2) is 4.98 Å². The Morgan fingerprint density at radius 1 is 0.530 bits per heavy atom. The number of aliphatic hydroxyl groups excluding tert-OH is 2. The number of likely N-dealkylation sites (N-methyl/N-ethyl adjacent to an activating group) is 3. The first-order valence-electron chi connectivity index (χ1n) is 44.6. The van der Waals surface area contributed by atoms with Crippen LogP contribution >= 0.6 is 23.1 Å². The monoisotopic (exact) mass is 1900 g/mol. The number of carbonyl (C=O) groups excluding carboxylic acids is 17. The number of benzene rings is 3. The number of rotatable bonds is 26. The number of fused-ring (bicyclic) bond motifs is 4.